The highest BCUT2D eigenvalue weighted by molar-refractivity contribution is 8.07. The van der Waals surface area contributed by atoms with Gasteiger partial charge in [-0.25, -0.2) is 0 Å². The van der Waals surface area contributed by atoms with Crippen molar-refractivity contribution in [2.45, 2.75) is 12.5 Å². The van der Waals surface area contributed by atoms with Crippen molar-refractivity contribution in [3.05, 3.63) is 29.8 Å². The standard InChI is InChI=1S/C11H16NO5PS/c1-15-18(19,16-2)17-9-5-3-8(4-6-9)7-10(12)11(13)14/h3-6,10H,7,12H2,1-2H3,(H,13,14). The Morgan fingerprint density at radius 2 is 1.89 bits per heavy atom. The number of carboxylic acid groups (broad SMARTS) is 1. The molecule has 0 spiro atoms. The Morgan fingerprint density at radius 1 is 1.37 bits per heavy atom. The van der Waals surface area contributed by atoms with E-state index in [-0.39, 0.29) is 6.42 Å². The highest BCUT2D eigenvalue weighted by Crippen LogP contribution is 2.48. The molecule has 1 rings (SSSR count). The van der Waals surface area contributed by atoms with Gasteiger partial charge < -0.3 is 24.4 Å². The molecule has 1 aromatic rings. The smallest absolute Gasteiger partial charge is 0.380 e. The van der Waals surface area contributed by atoms with Crippen LogP contribution in [0.15, 0.2) is 24.3 Å². The van der Waals surface area contributed by atoms with E-state index in [2.05, 4.69) is 0 Å². The van der Waals surface area contributed by atoms with Crippen LogP contribution >= 0.6 is 6.72 Å². The second kappa shape index (κ2) is 6.98. The van der Waals surface area contributed by atoms with Crippen molar-refractivity contribution >= 4 is 24.5 Å². The van der Waals surface area contributed by atoms with Crippen LogP contribution in [0.25, 0.3) is 0 Å². The van der Waals surface area contributed by atoms with E-state index in [1.54, 1.807) is 24.3 Å². The predicted octanol–water partition coefficient (Wildman–Crippen LogP) is 1.54. The largest absolute Gasteiger partial charge is 0.480 e. The molecule has 0 aromatic heterocycles. The fourth-order valence-corrected chi connectivity index (χ4v) is 2.24. The third-order valence-corrected chi connectivity index (χ3v) is 4.81. The molecule has 1 atom stereocenters. The van der Waals surface area contributed by atoms with Gasteiger partial charge in [0.2, 0.25) is 0 Å². The van der Waals surface area contributed by atoms with Gasteiger partial charge >= 0.3 is 12.7 Å². The molecule has 19 heavy (non-hydrogen) atoms. The van der Waals surface area contributed by atoms with Gasteiger partial charge in [0.25, 0.3) is 0 Å². The molecule has 0 bridgehead atoms. The zero-order valence-corrected chi connectivity index (χ0v) is 12.3. The molecule has 0 amide bonds. The summed E-state index contributed by atoms with van der Waals surface area (Å²) in [7, 11) is 2.84. The first-order valence-corrected chi connectivity index (χ1v) is 7.94. The second-order valence-electron chi connectivity index (χ2n) is 3.70. The maximum absolute atomic E-state index is 10.6. The normalized spacial score (nSPS) is 13.0. The Hall–Kier alpha value is -0.980. The zero-order chi connectivity index (χ0) is 14.5. The van der Waals surface area contributed by atoms with E-state index in [1.807, 2.05) is 0 Å². The van der Waals surface area contributed by atoms with E-state index >= 15 is 0 Å². The lowest BCUT2D eigenvalue weighted by Gasteiger charge is -2.18. The molecule has 1 aromatic carbocycles. The molecule has 0 aliphatic carbocycles. The first-order chi connectivity index (χ1) is 8.90. The van der Waals surface area contributed by atoms with E-state index in [4.69, 9.17) is 36.2 Å². The number of hydrogen-bond donors (Lipinski definition) is 2. The van der Waals surface area contributed by atoms with Crippen LogP contribution in [0.4, 0.5) is 0 Å². The van der Waals surface area contributed by atoms with Crippen LogP contribution in [0.5, 0.6) is 5.75 Å². The molecular formula is C11H16NO5PS. The minimum Gasteiger partial charge on any atom is -0.480 e. The van der Waals surface area contributed by atoms with Gasteiger partial charge in [0.1, 0.15) is 11.8 Å². The van der Waals surface area contributed by atoms with E-state index < -0.39 is 18.7 Å². The van der Waals surface area contributed by atoms with Crippen molar-refractivity contribution in [2.75, 3.05) is 14.2 Å². The number of carboxylic acids is 1. The van der Waals surface area contributed by atoms with Crippen molar-refractivity contribution in [2.24, 2.45) is 5.73 Å². The van der Waals surface area contributed by atoms with Gasteiger partial charge in [-0.1, -0.05) is 12.1 Å². The first-order valence-electron chi connectivity index (χ1n) is 5.38. The number of aliphatic carboxylic acids is 1. The van der Waals surface area contributed by atoms with Gasteiger partial charge in [0, 0.05) is 26.0 Å². The Labute approximate surface area is 116 Å². The molecule has 3 N–H and O–H groups in total. The van der Waals surface area contributed by atoms with Crippen LogP contribution < -0.4 is 10.3 Å². The van der Waals surface area contributed by atoms with E-state index in [1.165, 1.54) is 14.2 Å². The average Bonchev–Trinajstić information content (AvgIpc) is 2.40. The average molecular weight is 305 g/mol. The molecule has 106 valence electrons. The van der Waals surface area contributed by atoms with Gasteiger partial charge in [-0.2, -0.15) is 0 Å². The van der Waals surface area contributed by atoms with Crippen LogP contribution in [-0.2, 0) is 32.1 Å². The molecule has 0 saturated carbocycles. The van der Waals surface area contributed by atoms with Gasteiger partial charge in [-0.15, -0.1) is 0 Å². The van der Waals surface area contributed by atoms with Crippen molar-refractivity contribution in [3.8, 4) is 5.75 Å². The van der Waals surface area contributed by atoms with Crippen molar-refractivity contribution < 1.29 is 23.5 Å². The zero-order valence-electron chi connectivity index (χ0n) is 10.6. The van der Waals surface area contributed by atoms with E-state index in [0.29, 0.717) is 5.75 Å². The minimum absolute atomic E-state index is 0.248. The summed E-state index contributed by atoms with van der Waals surface area (Å²) < 4.78 is 15.4. The fraction of sp³-hybridized carbons (Fsp3) is 0.364. The highest BCUT2D eigenvalue weighted by Gasteiger charge is 2.18. The summed E-state index contributed by atoms with van der Waals surface area (Å²) in [5.74, 6) is -0.533. The number of carbonyl (C=O) groups is 1. The fourth-order valence-electron chi connectivity index (χ4n) is 1.31. The molecule has 0 saturated heterocycles. The molecule has 1 unspecified atom stereocenters. The summed E-state index contributed by atoms with van der Waals surface area (Å²) in [4.78, 5) is 10.6. The Bertz CT molecular complexity index is 470. The van der Waals surface area contributed by atoms with Crippen LogP contribution in [0.2, 0.25) is 0 Å². The Balaban J connectivity index is 2.72. The molecule has 8 heteroatoms. The Kier molecular flexibility index (Phi) is 5.90. The van der Waals surface area contributed by atoms with Crippen LogP contribution in [0.3, 0.4) is 0 Å². The Morgan fingerprint density at radius 3 is 2.32 bits per heavy atom. The third kappa shape index (κ3) is 4.89. The summed E-state index contributed by atoms with van der Waals surface area (Å²) in [6.45, 7) is -2.75. The van der Waals surface area contributed by atoms with Gasteiger partial charge in [0.05, 0.1) is 0 Å². The third-order valence-electron chi connectivity index (χ3n) is 2.36. The lowest BCUT2D eigenvalue weighted by molar-refractivity contribution is -0.138. The van der Waals surface area contributed by atoms with Crippen LogP contribution in [-0.4, -0.2) is 31.3 Å². The molecule has 0 fully saturated rings. The molecular weight excluding hydrogens is 289 g/mol. The maximum atomic E-state index is 10.6. The summed E-state index contributed by atoms with van der Waals surface area (Å²) in [6.07, 6.45) is 0.248. The molecule has 0 heterocycles. The van der Waals surface area contributed by atoms with Crippen LogP contribution in [0, 0.1) is 0 Å². The van der Waals surface area contributed by atoms with Crippen molar-refractivity contribution in [1.82, 2.24) is 0 Å². The van der Waals surface area contributed by atoms with Crippen molar-refractivity contribution in [3.63, 3.8) is 0 Å². The van der Waals surface area contributed by atoms with Crippen LogP contribution in [0.1, 0.15) is 5.56 Å². The molecule has 0 aliphatic rings. The lowest BCUT2D eigenvalue weighted by atomic mass is 10.1. The predicted molar refractivity (Wildman–Crippen MR) is 74.7 cm³/mol. The second-order valence-corrected chi connectivity index (χ2v) is 6.85. The summed E-state index contributed by atoms with van der Waals surface area (Å²) in [5.41, 5.74) is 6.25. The van der Waals surface area contributed by atoms with E-state index in [9.17, 15) is 4.79 Å². The number of rotatable bonds is 7. The maximum Gasteiger partial charge on any atom is 0.380 e. The quantitative estimate of drug-likeness (QED) is 0.738. The number of hydrogen-bond acceptors (Lipinski definition) is 6. The minimum atomic E-state index is -2.75. The molecule has 0 radical (unpaired) electrons. The summed E-state index contributed by atoms with van der Waals surface area (Å²) >= 11 is 5.07. The first kappa shape index (κ1) is 16.1. The summed E-state index contributed by atoms with van der Waals surface area (Å²) in [6, 6.07) is 5.87. The lowest BCUT2D eigenvalue weighted by Crippen LogP contribution is -2.32. The molecule has 6 nitrogen and oxygen atoms in total. The monoisotopic (exact) mass is 305 g/mol. The van der Waals surface area contributed by atoms with Gasteiger partial charge in [-0.05, 0) is 24.1 Å². The summed E-state index contributed by atoms with van der Waals surface area (Å²) in [5, 5.41) is 8.72. The van der Waals surface area contributed by atoms with Gasteiger partial charge in [0.15, 0.2) is 0 Å². The van der Waals surface area contributed by atoms with Gasteiger partial charge in [-0.3, -0.25) is 4.79 Å². The number of benzene rings is 1. The number of nitrogens with two attached hydrogens (primary N) is 1. The van der Waals surface area contributed by atoms with E-state index in [0.717, 1.165) is 5.56 Å². The molecule has 0 aliphatic heterocycles. The SMILES string of the molecule is COP(=S)(OC)Oc1ccc(CC(N)C(=O)O)cc1. The highest BCUT2D eigenvalue weighted by atomic mass is 32.5. The van der Waals surface area contributed by atoms with Crippen molar-refractivity contribution in [1.29, 1.82) is 0 Å². The topological polar surface area (TPSA) is 91.0 Å².